The second-order valence-corrected chi connectivity index (χ2v) is 7.62. The number of halogens is 1. The van der Waals surface area contributed by atoms with Gasteiger partial charge in [-0.05, 0) is 38.2 Å². The van der Waals surface area contributed by atoms with E-state index in [1.165, 1.54) is 6.07 Å². The maximum Gasteiger partial charge on any atom is 0.141 e. The van der Waals surface area contributed by atoms with Gasteiger partial charge in [-0.15, -0.1) is 0 Å². The van der Waals surface area contributed by atoms with Crippen molar-refractivity contribution >= 4 is 17.4 Å². The molecule has 2 aromatic carbocycles. The molecule has 27 heavy (non-hydrogen) atoms. The summed E-state index contributed by atoms with van der Waals surface area (Å²) in [5.74, 6) is 0.685. The Labute approximate surface area is 163 Å². The minimum absolute atomic E-state index is 0.0110. The first kappa shape index (κ1) is 18.2. The van der Waals surface area contributed by atoms with Crippen LogP contribution >= 0.6 is 11.6 Å². The highest BCUT2D eigenvalue weighted by Gasteiger charge is 2.35. The summed E-state index contributed by atoms with van der Waals surface area (Å²) < 4.78 is 6.15. The van der Waals surface area contributed by atoms with Gasteiger partial charge in [0.1, 0.15) is 23.0 Å². The number of fused-ring (bicyclic) bond motifs is 1. The fourth-order valence-corrected chi connectivity index (χ4v) is 4.19. The predicted molar refractivity (Wildman–Crippen MR) is 104 cm³/mol. The normalized spacial score (nSPS) is 22.7. The number of allylic oxidation sites excluding steroid dienone is 1. The van der Waals surface area contributed by atoms with Crippen LogP contribution in [0.5, 0.6) is 17.2 Å². The number of phenols is 2. The van der Waals surface area contributed by atoms with Crippen LogP contribution in [-0.2, 0) is 6.42 Å². The Hall–Kier alpha value is -2.21. The predicted octanol–water partition coefficient (Wildman–Crippen LogP) is 3.51. The van der Waals surface area contributed by atoms with Crippen LogP contribution in [0.15, 0.2) is 36.4 Å². The molecule has 1 fully saturated rings. The molecule has 4 rings (SSSR count). The van der Waals surface area contributed by atoms with Gasteiger partial charge in [0, 0.05) is 41.6 Å². The molecule has 2 aliphatic heterocycles. The molecule has 2 heterocycles. The minimum Gasteiger partial charge on any atom is -0.507 e. The fourth-order valence-electron chi connectivity index (χ4n) is 3.96. The van der Waals surface area contributed by atoms with E-state index in [0.29, 0.717) is 47.0 Å². The van der Waals surface area contributed by atoms with Crippen molar-refractivity contribution < 1.29 is 20.1 Å². The summed E-state index contributed by atoms with van der Waals surface area (Å²) in [6.45, 7) is 1.33. The fraction of sp³-hybridized carbons (Fsp3) is 0.333. The number of β-amino-alcohol motifs (C(OH)–C–C–N with tert-alkyl or cyclic N) is 1. The molecule has 0 radical (unpaired) electrons. The van der Waals surface area contributed by atoms with Crippen LogP contribution in [-0.4, -0.2) is 46.5 Å². The summed E-state index contributed by atoms with van der Waals surface area (Å²) >= 11 is 6.31. The van der Waals surface area contributed by atoms with Crippen LogP contribution < -0.4 is 4.74 Å². The molecule has 2 aliphatic rings. The van der Waals surface area contributed by atoms with Crippen molar-refractivity contribution in [3.05, 3.63) is 58.1 Å². The van der Waals surface area contributed by atoms with E-state index >= 15 is 0 Å². The number of hydrogen-bond acceptors (Lipinski definition) is 5. The van der Waals surface area contributed by atoms with Crippen molar-refractivity contribution in [3.63, 3.8) is 0 Å². The first-order chi connectivity index (χ1) is 13.0. The number of ether oxygens (including phenoxy) is 1. The van der Waals surface area contributed by atoms with E-state index in [1.807, 2.05) is 31.3 Å². The first-order valence-electron chi connectivity index (χ1n) is 9.03. The molecule has 5 nitrogen and oxygen atoms in total. The quantitative estimate of drug-likeness (QED) is 0.735. The van der Waals surface area contributed by atoms with Crippen molar-refractivity contribution in [1.82, 2.24) is 4.90 Å². The van der Waals surface area contributed by atoms with Gasteiger partial charge in [0.25, 0.3) is 0 Å². The smallest absolute Gasteiger partial charge is 0.141 e. The van der Waals surface area contributed by atoms with Gasteiger partial charge < -0.3 is 25.0 Å². The number of phenolic OH excluding ortho intramolecular Hbond substituents is 2. The molecule has 0 aliphatic carbocycles. The van der Waals surface area contributed by atoms with E-state index in [0.717, 1.165) is 12.1 Å². The van der Waals surface area contributed by atoms with Crippen molar-refractivity contribution in [3.8, 4) is 17.2 Å². The number of piperidine rings is 1. The lowest BCUT2D eigenvalue weighted by Gasteiger charge is -2.36. The number of rotatable bonds is 2. The highest BCUT2D eigenvalue weighted by molar-refractivity contribution is 6.32. The summed E-state index contributed by atoms with van der Waals surface area (Å²) in [4.78, 5) is 2.06. The number of aliphatic hydroxyl groups is 1. The van der Waals surface area contributed by atoms with Gasteiger partial charge in [-0.1, -0.05) is 23.7 Å². The number of benzene rings is 2. The van der Waals surface area contributed by atoms with Crippen molar-refractivity contribution in [1.29, 1.82) is 0 Å². The lowest BCUT2D eigenvalue weighted by molar-refractivity contribution is 0.0621. The van der Waals surface area contributed by atoms with Gasteiger partial charge in [-0.25, -0.2) is 0 Å². The van der Waals surface area contributed by atoms with Crippen LogP contribution in [0.4, 0.5) is 0 Å². The Balaban J connectivity index is 1.78. The first-order valence-corrected chi connectivity index (χ1v) is 9.40. The zero-order valence-electron chi connectivity index (χ0n) is 15.0. The van der Waals surface area contributed by atoms with E-state index in [9.17, 15) is 15.3 Å². The van der Waals surface area contributed by atoms with Crippen LogP contribution in [0.1, 0.15) is 29.0 Å². The molecule has 6 heteroatoms. The molecule has 0 amide bonds. The highest BCUT2D eigenvalue weighted by atomic mass is 35.5. The molecule has 0 spiro atoms. The van der Waals surface area contributed by atoms with Crippen molar-refractivity contribution in [2.75, 3.05) is 20.1 Å². The molecule has 0 bridgehead atoms. The number of likely N-dealkylation sites (N-methyl/N-ethyl adjacent to an activating group) is 1. The summed E-state index contributed by atoms with van der Waals surface area (Å²) in [6.07, 6.45) is 2.39. The van der Waals surface area contributed by atoms with E-state index in [4.69, 9.17) is 16.3 Å². The molecule has 0 saturated carbocycles. The number of likely N-dealkylation sites (tertiary alicyclic amines) is 1. The van der Waals surface area contributed by atoms with Gasteiger partial charge in [0.05, 0.1) is 11.1 Å². The van der Waals surface area contributed by atoms with Crippen LogP contribution in [0.2, 0.25) is 5.02 Å². The average Bonchev–Trinajstić information content (AvgIpc) is 2.63. The Morgan fingerprint density at radius 3 is 2.70 bits per heavy atom. The van der Waals surface area contributed by atoms with Gasteiger partial charge >= 0.3 is 0 Å². The third-order valence-electron chi connectivity index (χ3n) is 5.38. The summed E-state index contributed by atoms with van der Waals surface area (Å²) in [5.41, 5.74) is 1.92. The molecule has 2 atom stereocenters. The Kier molecular flexibility index (Phi) is 4.76. The largest absolute Gasteiger partial charge is 0.507 e. The molecule has 2 aromatic rings. The molecule has 3 N–H and O–H groups in total. The van der Waals surface area contributed by atoms with E-state index in [2.05, 4.69) is 4.90 Å². The highest BCUT2D eigenvalue weighted by Crippen LogP contribution is 2.48. The monoisotopic (exact) mass is 387 g/mol. The minimum atomic E-state index is -0.624. The van der Waals surface area contributed by atoms with Crippen LogP contribution in [0.25, 0.3) is 5.76 Å². The average molecular weight is 388 g/mol. The second kappa shape index (κ2) is 7.08. The maximum absolute atomic E-state index is 10.6. The summed E-state index contributed by atoms with van der Waals surface area (Å²) in [6, 6.07) is 8.73. The molecule has 142 valence electrons. The molecule has 0 aromatic heterocycles. The number of nitrogens with zero attached hydrogens (tertiary/aromatic N) is 1. The lowest BCUT2D eigenvalue weighted by atomic mass is 9.84. The van der Waals surface area contributed by atoms with E-state index in [-0.39, 0.29) is 17.4 Å². The Morgan fingerprint density at radius 1 is 1.19 bits per heavy atom. The second-order valence-electron chi connectivity index (χ2n) is 7.22. The van der Waals surface area contributed by atoms with Gasteiger partial charge in [0.15, 0.2) is 0 Å². The summed E-state index contributed by atoms with van der Waals surface area (Å²) in [7, 11) is 1.96. The molecular formula is C21H22ClNO4. The number of aliphatic hydroxyl groups excluding tert-OH is 1. The van der Waals surface area contributed by atoms with Crippen LogP contribution in [0, 0.1) is 0 Å². The maximum atomic E-state index is 10.6. The Morgan fingerprint density at radius 2 is 1.96 bits per heavy atom. The molecule has 0 unspecified atom stereocenters. The van der Waals surface area contributed by atoms with Crippen molar-refractivity contribution in [2.24, 2.45) is 0 Å². The zero-order chi connectivity index (χ0) is 19.1. The van der Waals surface area contributed by atoms with E-state index in [1.54, 1.807) is 6.07 Å². The van der Waals surface area contributed by atoms with Gasteiger partial charge in [-0.3, -0.25) is 0 Å². The SMILES string of the molecule is CN1CC[C@@H](c2c(O)cc(O)c3c2OC(c2ccccc2Cl)=CC3)[C@@H](O)C1. The molecule has 1 saturated heterocycles. The van der Waals surface area contributed by atoms with Gasteiger partial charge in [-0.2, -0.15) is 0 Å². The standard InChI is InChI=1S/C21H22ClNO4/c1-23-9-8-13(18(26)11-23)20-17(25)10-16(24)14-6-7-19(27-21(14)20)12-4-2-3-5-15(12)22/h2-5,7,10,13,18,24-26H,6,8-9,11H2,1H3/t13-,18+/m1/s1. The Bertz CT molecular complexity index is 911. The zero-order valence-corrected chi connectivity index (χ0v) is 15.8. The number of hydrogen-bond donors (Lipinski definition) is 3. The van der Waals surface area contributed by atoms with Crippen molar-refractivity contribution in [2.45, 2.75) is 24.9 Å². The number of aromatic hydroxyl groups is 2. The summed E-state index contributed by atoms with van der Waals surface area (Å²) in [5, 5.41) is 32.1. The van der Waals surface area contributed by atoms with Gasteiger partial charge in [0.2, 0.25) is 0 Å². The lowest BCUT2D eigenvalue weighted by Crippen LogP contribution is -2.40. The third-order valence-corrected chi connectivity index (χ3v) is 5.71. The van der Waals surface area contributed by atoms with Crippen LogP contribution in [0.3, 0.4) is 0 Å². The molecular weight excluding hydrogens is 366 g/mol. The third kappa shape index (κ3) is 3.27. The van der Waals surface area contributed by atoms with E-state index < -0.39 is 6.10 Å². The topological polar surface area (TPSA) is 73.2 Å².